The number of likely N-dealkylation sites (N-methyl/N-ethyl adjacent to an activating group) is 1. The van der Waals surface area contributed by atoms with Crippen LogP contribution in [0.25, 0.3) is 6.08 Å². The van der Waals surface area contributed by atoms with E-state index in [0.717, 1.165) is 16.7 Å². The molecule has 0 heterocycles. The van der Waals surface area contributed by atoms with Gasteiger partial charge in [0.2, 0.25) is 11.8 Å². The average molecular weight is 401 g/mol. The number of nitrogens with zero attached hydrogens (tertiary/aromatic N) is 1. The Kier molecular flexibility index (Phi) is 8.08. The van der Waals surface area contributed by atoms with E-state index in [9.17, 15) is 9.59 Å². The van der Waals surface area contributed by atoms with Crippen LogP contribution in [0.5, 0.6) is 5.75 Å². The summed E-state index contributed by atoms with van der Waals surface area (Å²) >= 11 is 5.85. The number of amides is 2. The Morgan fingerprint density at radius 3 is 2.54 bits per heavy atom. The van der Waals surface area contributed by atoms with Crippen LogP contribution in [0.2, 0.25) is 5.02 Å². The van der Waals surface area contributed by atoms with Crippen LogP contribution in [-0.4, -0.2) is 36.9 Å². The van der Waals surface area contributed by atoms with Crippen molar-refractivity contribution in [1.82, 2.24) is 10.2 Å². The second-order valence-electron chi connectivity index (χ2n) is 6.33. The molecule has 0 spiro atoms. The lowest BCUT2D eigenvalue weighted by Crippen LogP contribution is -2.39. The first-order valence-corrected chi connectivity index (χ1v) is 9.43. The predicted octanol–water partition coefficient (Wildman–Crippen LogP) is 3.84. The van der Waals surface area contributed by atoms with Gasteiger partial charge in [0.1, 0.15) is 5.75 Å². The fourth-order valence-corrected chi connectivity index (χ4v) is 2.75. The molecule has 2 aromatic carbocycles. The van der Waals surface area contributed by atoms with Gasteiger partial charge >= 0.3 is 0 Å². The minimum Gasteiger partial charge on any atom is -0.496 e. The van der Waals surface area contributed by atoms with Crippen LogP contribution >= 0.6 is 11.6 Å². The minimum atomic E-state index is -0.229. The highest BCUT2D eigenvalue weighted by molar-refractivity contribution is 6.30. The molecule has 0 aromatic heterocycles. The van der Waals surface area contributed by atoms with Crippen molar-refractivity contribution < 1.29 is 14.3 Å². The Hall–Kier alpha value is -2.79. The summed E-state index contributed by atoms with van der Waals surface area (Å²) in [7, 11) is 1.59. The highest BCUT2D eigenvalue weighted by Gasteiger charge is 2.13. The third kappa shape index (κ3) is 6.43. The fourth-order valence-electron chi connectivity index (χ4n) is 2.63. The number of carbonyl (C=O) groups excluding carboxylic acids is 2. The number of halogens is 1. The van der Waals surface area contributed by atoms with Crippen molar-refractivity contribution in [2.75, 3.05) is 20.2 Å². The molecule has 0 aliphatic heterocycles. The van der Waals surface area contributed by atoms with Crippen LogP contribution in [0.1, 0.15) is 23.6 Å². The molecule has 0 saturated carbocycles. The molecule has 0 unspecified atom stereocenters. The van der Waals surface area contributed by atoms with E-state index in [-0.39, 0.29) is 18.4 Å². The highest BCUT2D eigenvalue weighted by atomic mass is 35.5. The number of benzene rings is 2. The predicted molar refractivity (Wildman–Crippen MR) is 112 cm³/mol. The zero-order valence-corrected chi connectivity index (χ0v) is 17.1. The first kappa shape index (κ1) is 21.5. The first-order valence-electron chi connectivity index (χ1n) is 9.05. The molecule has 0 aliphatic rings. The molecular weight excluding hydrogens is 376 g/mol. The van der Waals surface area contributed by atoms with Gasteiger partial charge in [-0.1, -0.05) is 35.4 Å². The summed E-state index contributed by atoms with van der Waals surface area (Å²) in [5.41, 5.74) is 2.83. The van der Waals surface area contributed by atoms with E-state index in [2.05, 4.69) is 5.32 Å². The van der Waals surface area contributed by atoms with E-state index in [1.165, 1.54) is 11.0 Å². The number of ether oxygens (including phenoxy) is 1. The van der Waals surface area contributed by atoms with E-state index in [4.69, 9.17) is 16.3 Å². The molecule has 5 nitrogen and oxygen atoms in total. The standard InChI is InChI=1S/C22H25ClN2O3/c1-4-25(15-21(26)24-14-17-6-9-19(23)10-7-17)22(27)12-8-18-13-16(2)5-11-20(18)28-3/h5-13H,4,14-15H2,1-3H3,(H,24,26)/b12-8+. The maximum Gasteiger partial charge on any atom is 0.247 e. The molecule has 0 atom stereocenters. The van der Waals surface area contributed by atoms with Gasteiger partial charge in [0.05, 0.1) is 13.7 Å². The zero-order valence-electron chi connectivity index (χ0n) is 16.4. The van der Waals surface area contributed by atoms with E-state index in [0.29, 0.717) is 23.9 Å². The van der Waals surface area contributed by atoms with Crippen LogP contribution in [0.4, 0.5) is 0 Å². The SMILES string of the molecule is CCN(CC(=O)NCc1ccc(Cl)cc1)C(=O)/C=C/c1cc(C)ccc1OC. The van der Waals surface area contributed by atoms with Gasteiger partial charge in [-0.3, -0.25) is 9.59 Å². The molecule has 0 saturated heterocycles. The maximum atomic E-state index is 12.5. The van der Waals surface area contributed by atoms with Gasteiger partial charge in [-0.25, -0.2) is 0 Å². The Labute approximate surface area is 170 Å². The van der Waals surface area contributed by atoms with Crippen LogP contribution in [0.15, 0.2) is 48.5 Å². The zero-order chi connectivity index (χ0) is 20.5. The molecule has 2 rings (SSSR count). The van der Waals surface area contributed by atoms with E-state index in [1.807, 2.05) is 44.2 Å². The molecule has 1 N–H and O–H groups in total. The van der Waals surface area contributed by atoms with Crippen LogP contribution in [-0.2, 0) is 16.1 Å². The van der Waals surface area contributed by atoms with Gasteiger partial charge in [-0.15, -0.1) is 0 Å². The third-order valence-electron chi connectivity index (χ3n) is 4.22. The number of hydrogen-bond acceptors (Lipinski definition) is 3. The number of nitrogens with one attached hydrogen (secondary N) is 1. The molecule has 0 bridgehead atoms. The Bertz CT molecular complexity index is 847. The summed E-state index contributed by atoms with van der Waals surface area (Å²) in [6, 6.07) is 13.0. The van der Waals surface area contributed by atoms with Gasteiger partial charge in [0, 0.05) is 29.8 Å². The topological polar surface area (TPSA) is 58.6 Å². The summed E-state index contributed by atoms with van der Waals surface area (Å²) in [5, 5.41) is 3.47. The molecule has 0 radical (unpaired) electrons. The van der Waals surface area contributed by atoms with Crippen molar-refractivity contribution >= 4 is 29.5 Å². The summed E-state index contributed by atoms with van der Waals surface area (Å²) in [5.74, 6) is 0.248. The number of aryl methyl sites for hydroxylation is 1. The lowest BCUT2D eigenvalue weighted by molar-refractivity contribution is -0.132. The van der Waals surface area contributed by atoms with Crippen molar-refractivity contribution in [3.63, 3.8) is 0 Å². The molecule has 148 valence electrons. The van der Waals surface area contributed by atoms with Gasteiger partial charge in [0.25, 0.3) is 0 Å². The van der Waals surface area contributed by atoms with Gasteiger partial charge in [-0.05, 0) is 49.8 Å². The van der Waals surface area contributed by atoms with Gasteiger partial charge < -0.3 is 15.0 Å². The van der Waals surface area contributed by atoms with Crippen molar-refractivity contribution in [3.8, 4) is 5.75 Å². The van der Waals surface area contributed by atoms with Crippen molar-refractivity contribution in [1.29, 1.82) is 0 Å². The third-order valence-corrected chi connectivity index (χ3v) is 4.47. The van der Waals surface area contributed by atoms with E-state index >= 15 is 0 Å². The highest BCUT2D eigenvalue weighted by Crippen LogP contribution is 2.21. The van der Waals surface area contributed by atoms with Crippen LogP contribution in [0, 0.1) is 6.92 Å². The Morgan fingerprint density at radius 1 is 1.18 bits per heavy atom. The Morgan fingerprint density at radius 2 is 1.89 bits per heavy atom. The monoisotopic (exact) mass is 400 g/mol. The molecule has 0 aliphatic carbocycles. The number of rotatable bonds is 8. The number of methoxy groups -OCH3 is 1. The number of hydrogen-bond donors (Lipinski definition) is 1. The minimum absolute atomic E-state index is 0.00177. The van der Waals surface area contributed by atoms with Crippen molar-refractivity contribution in [2.24, 2.45) is 0 Å². The molecule has 2 amide bonds. The molecule has 2 aromatic rings. The summed E-state index contributed by atoms with van der Waals surface area (Å²) in [6.07, 6.45) is 3.18. The van der Waals surface area contributed by atoms with Crippen molar-refractivity contribution in [2.45, 2.75) is 20.4 Å². The maximum absolute atomic E-state index is 12.5. The van der Waals surface area contributed by atoms with E-state index < -0.39 is 0 Å². The summed E-state index contributed by atoms with van der Waals surface area (Å²) in [4.78, 5) is 26.2. The quantitative estimate of drug-likeness (QED) is 0.685. The smallest absolute Gasteiger partial charge is 0.247 e. The second kappa shape index (κ2) is 10.5. The lowest BCUT2D eigenvalue weighted by Gasteiger charge is -2.18. The van der Waals surface area contributed by atoms with Crippen LogP contribution < -0.4 is 10.1 Å². The second-order valence-corrected chi connectivity index (χ2v) is 6.77. The molecular formula is C22H25ClN2O3. The fraction of sp³-hybridized carbons (Fsp3) is 0.273. The van der Waals surface area contributed by atoms with Crippen LogP contribution in [0.3, 0.4) is 0 Å². The summed E-state index contributed by atoms with van der Waals surface area (Å²) in [6.45, 7) is 4.63. The molecule has 6 heteroatoms. The van der Waals surface area contributed by atoms with Gasteiger partial charge in [-0.2, -0.15) is 0 Å². The lowest BCUT2D eigenvalue weighted by atomic mass is 10.1. The normalized spacial score (nSPS) is 10.7. The largest absolute Gasteiger partial charge is 0.496 e. The average Bonchev–Trinajstić information content (AvgIpc) is 2.69. The van der Waals surface area contributed by atoms with E-state index in [1.54, 1.807) is 25.3 Å². The van der Waals surface area contributed by atoms with Gasteiger partial charge in [0.15, 0.2) is 0 Å². The van der Waals surface area contributed by atoms with Crippen molar-refractivity contribution in [3.05, 3.63) is 70.3 Å². The first-order chi connectivity index (χ1) is 13.4. The summed E-state index contributed by atoms with van der Waals surface area (Å²) < 4.78 is 5.32. The Balaban J connectivity index is 1.94. The molecule has 0 fully saturated rings. The number of carbonyl (C=O) groups is 2. The molecule has 28 heavy (non-hydrogen) atoms.